The maximum absolute atomic E-state index is 11.6. The van der Waals surface area contributed by atoms with Gasteiger partial charge in [-0.1, -0.05) is 0 Å². The van der Waals surface area contributed by atoms with Crippen LogP contribution in [-0.2, 0) is 9.53 Å². The Balaban J connectivity index is 2.64. The molecule has 1 aliphatic heterocycles. The van der Waals surface area contributed by atoms with Crippen LogP contribution in [0.3, 0.4) is 0 Å². The molecule has 5 heteroatoms. The van der Waals surface area contributed by atoms with Crippen molar-refractivity contribution in [3.63, 3.8) is 0 Å². The number of likely N-dealkylation sites (tertiary alicyclic amines) is 1. The molecule has 0 bridgehead atoms. The molecule has 0 radical (unpaired) electrons. The SMILES string of the molecule is CCOC(=O)N1CCCC[C@H](N)C1=O. The first-order valence-electron chi connectivity index (χ1n) is 4.90. The quantitative estimate of drug-likeness (QED) is 0.668. The summed E-state index contributed by atoms with van der Waals surface area (Å²) in [5.74, 6) is -0.319. The number of carbonyl (C=O) groups is 2. The van der Waals surface area contributed by atoms with Crippen LogP contribution in [0.5, 0.6) is 0 Å². The summed E-state index contributed by atoms with van der Waals surface area (Å²) in [6, 6.07) is -0.554. The van der Waals surface area contributed by atoms with Gasteiger partial charge in [0.1, 0.15) is 0 Å². The number of hydrogen-bond donors (Lipinski definition) is 1. The predicted molar refractivity (Wildman–Crippen MR) is 50.6 cm³/mol. The van der Waals surface area contributed by atoms with E-state index < -0.39 is 12.1 Å². The fourth-order valence-electron chi connectivity index (χ4n) is 1.45. The fraction of sp³-hybridized carbons (Fsp3) is 0.778. The Morgan fingerprint density at radius 1 is 1.64 bits per heavy atom. The van der Waals surface area contributed by atoms with Crippen molar-refractivity contribution in [2.24, 2.45) is 5.73 Å². The summed E-state index contributed by atoms with van der Waals surface area (Å²) in [5.41, 5.74) is 5.60. The minimum absolute atomic E-state index is 0.276. The van der Waals surface area contributed by atoms with Crippen molar-refractivity contribution in [3.05, 3.63) is 0 Å². The summed E-state index contributed by atoms with van der Waals surface area (Å²) in [4.78, 5) is 24.0. The minimum atomic E-state index is -0.574. The fourth-order valence-corrected chi connectivity index (χ4v) is 1.45. The number of hydrogen-bond acceptors (Lipinski definition) is 4. The molecule has 0 aromatic carbocycles. The monoisotopic (exact) mass is 200 g/mol. The Morgan fingerprint density at radius 2 is 2.36 bits per heavy atom. The summed E-state index contributed by atoms with van der Waals surface area (Å²) in [6.45, 7) is 2.41. The largest absolute Gasteiger partial charge is 0.449 e. The molecule has 1 rings (SSSR count). The van der Waals surface area contributed by atoms with E-state index in [0.29, 0.717) is 13.0 Å². The van der Waals surface area contributed by atoms with Gasteiger partial charge in [-0.25, -0.2) is 9.69 Å². The van der Waals surface area contributed by atoms with Gasteiger partial charge in [0.15, 0.2) is 0 Å². The normalized spacial score (nSPS) is 23.1. The molecule has 1 saturated heterocycles. The maximum atomic E-state index is 11.6. The van der Waals surface area contributed by atoms with Gasteiger partial charge in [0.2, 0.25) is 5.91 Å². The van der Waals surface area contributed by atoms with Gasteiger partial charge in [-0.2, -0.15) is 0 Å². The van der Waals surface area contributed by atoms with Crippen molar-refractivity contribution in [2.45, 2.75) is 32.2 Å². The average Bonchev–Trinajstić information content (AvgIpc) is 2.31. The van der Waals surface area contributed by atoms with Crippen molar-refractivity contribution < 1.29 is 14.3 Å². The third kappa shape index (κ3) is 2.45. The van der Waals surface area contributed by atoms with Crippen LogP contribution in [0.2, 0.25) is 0 Å². The molecule has 0 aromatic heterocycles. The molecular weight excluding hydrogens is 184 g/mol. The van der Waals surface area contributed by atoms with Crippen molar-refractivity contribution in [2.75, 3.05) is 13.2 Å². The Morgan fingerprint density at radius 3 is 3.00 bits per heavy atom. The molecule has 1 heterocycles. The molecule has 0 unspecified atom stereocenters. The van der Waals surface area contributed by atoms with Crippen LogP contribution in [0.1, 0.15) is 26.2 Å². The summed E-state index contributed by atoms with van der Waals surface area (Å²) < 4.78 is 4.77. The van der Waals surface area contributed by atoms with Crippen LogP contribution in [0.15, 0.2) is 0 Å². The van der Waals surface area contributed by atoms with E-state index in [0.717, 1.165) is 17.7 Å². The lowest BCUT2D eigenvalue weighted by molar-refractivity contribution is -0.130. The van der Waals surface area contributed by atoms with Gasteiger partial charge in [-0.15, -0.1) is 0 Å². The highest BCUT2D eigenvalue weighted by Crippen LogP contribution is 2.11. The van der Waals surface area contributed by atoms with E-state index in [9.17, 15) is 9.59 Å². The smallest absolute Gasteiger partial charge is 0.416 e. The summed E-state index contributed by atoms with van der Waals surface area (Å²) >= 11 is 0. The molecule has 0 spiro atoms. The summed E-state index contributed by atoms with van der Waals surface area (Å²) in [5, 5.41) is 0. The van der Waals surface area contributed by atoms with Crippen LogP contribution in [0, 0.1) is 0 Å². The van der Waals surface area contributed by atoms with Crippen LogP contribution in [0.4, 0.5) is 4.79 Å². The molecule has 5 nitrogen and oxygen atoms in total. The number of imide groups is 1. The second-order valence-electron chi connectivity index (χ2n) is 3.29. The molecule has 1 atom stereocenters. The maximum Gasteiger partial charge on any atom is 0.416 e. The zero-order chi connectivity index (χ0) is 10.6. The lowest BCUT2D eigenvalue weighted by Gasteiger charge is -2.19. The Kier molecular flexibility index (Phi) is 3.88. The third-order valence-corrected chi connectivity index (χ3v) is 2.22. The summed E-state index contributed by atoms with van der Waals surface area (Å²) in [6.07, 6.45) is 1.75. The first-order chi connectivity index (χ1) is 6.66. The number of rotatable bonds is 1. The molecule has 2 amide bonds. The van der Waals surface area contributed by atoms with Crippen molar-refractivity contribution in [3.8, 4) is 0 Å². The lowest BCUT2D eigenvalue weighted by Crippen LogP contribution is -2.45. The number of nitrogens with zero attached hydrogens (tertiary/aromatic N) is 1. The highest BCUT2D eigenvalue weighted by molar-refractivity contribution is 5.95. The first-order valence-corrected chi connectivity index (χ1v) is 4.90. The van der Waals surface area contributed by atoms with Crippen molar-refractivity contribution in [1.82, 2.24) is 4.90 Å². The lowest BCUT2D eigenvalue weighted by atomic mass is 10.1. The molecular formula is C9H16N2O3. The molecule has 80 valence electrons. The van der Waals surface area contributed by atoms with E-state index in [-0.39, 0.29) is 12.5 Å². The Hall–Kier alpha value is -1.10. The number of carbonyl (C=O) groups excluding carboxylic acids is 2. The average molecular weight is 200 g/mol. The van der Waals surface area contributed by atoms with Gasteiger partial charge in [-0.05, 0) is 26.2 Å². The minimum Gasteiger partial charge on any atom is -0.449 e. The molecule has 0 saturated carbocycles. The highest BCUT2D eigenvalue weighted by Gasteiger charge is 2.29. The van der Waals surface area contributed by atoms with E-state index in [4.69, 9.17) is 10.5 Å². The third-order valence-electron chi connectivity index (χ3n) is 2.22. The van der Waals surface area contributed by atoms with Gasteiger partial charge in [0, 0.05) is 6.54 Å². The van der Waals surface area contributed by atoms with E-state index in [2.05, 4.69) is 0 Å². The van der Waals surface area contributed by atoms with Crippen LogP contribution in [0.25, 0.3) is 0 Å². The van der Waals surface area contributed by atoms with Gasteiger partial charge >= 0.3 is 6.09 Å². The molecule has 1 aliphatic rings. The van der Waals surface area contributed by atoms with E-state index in [1.54, 1.807) is 6.92 Å². The number of nitrogens with two attached hydrogens (primary N) is 1. The first kappa shape index (κ1) is 11.0. The standard InChI is InChI=1S/C9H16N2O3/c1-2-14-9(13)11-6-4-3-5-7(10)8(11)12/h7H,2-6,10H2,1H3/t7-/m0/s1. The topological polar surface area (TPSA) is 72.6 Å². The van der Waals surface area contributed by atoms with Gasteiger partial charge in [0.05, 0.1) is 12.6 Å². The summed E-state index contributed by atoms with van der Waals surface area (Å²) in [7, 11) is 0. The van der Waals surface area contributed by atoms with Crippen molar-refractivity contribution in [1.29, 1.82) is 0 Å². The molecule has 0 aromatic rings. The Labute approximate surface area is 83.2 Å². The van der Waals surface area contributed by atoms with E-state index >= 15 is 0 Å². The van der Waals surface area contributed by atoms with Gasteiger partial charge in [-0.3, -0.25) is 4.79 Å². The highest BCUT2D eigenvalue weighted by atomic mass is 16.6. The predicted octanol–water partition coefficient (Wildman–Crippen LogP) is 0.483. The zero-order valence-electron chi connectivity index (χ0n) is 8.36. The molecule has 1 fully saturated rings. The molecule has 2 N–H and O–H groups in total. The van der Waals surface area contributed by atoms with Gasteiger partial charge < -0.3 is 10.5 Å². The number of ether oxygens (including phenoxy) is 1. The van der Waals surface area contributed by atoms with E-state index in [1.807, 2.05) is 0 Å². The molecule has 14 heavy (non-hydrogen) atoms. The van der Waals surface area contributed by atoms with Crippen molar-refractivity contribution >= 4 is 12.0 Å². The molecule has 0 aliphatic carbocycles. The number of amides is 2. The van der Waals surface area contributed by atoms with Crippen LogP contribution >= 0.6 is 0 Å². The second-order valence-corrected chi connectivity index (χ2v) is 3.29. The zero-order valence-corrected chi connectivity index (χ0v) is 8.36. The Bertz CT molecular complexity index is 230. The van der Waals surface area contributed by atoms with Crippen LogP contribution in [-0.4, -0.2) is 36.1 Å². The van der Waals surface area contributed by atoms with Crippen LogP contribution < -0.4 is 5.73 Å². The van der Waals surface area contributed by atoms with E-state index in [1.165, 1.54) is 0 Å². The van der Waals surface area contributed by atoms with Gasteiger partial charge in [0.25, 0.3) is 0 Å². The second kappa shape index (κ2) is 4.95.